The van der Waals surface area contributed by atoms with Crippen LogP contribution in [0, 0.1) is 5.92 Å². The molecule has 2 aromatic rings. The molecule has 1 aliphatic carbocycles. The highest BCUT2D eigenvalue weighted by atomic mass is 31.2. The highest BCUT2D eigenvalue weighted by molar-refractivity contribution is 7.53. The fraction of sp³-hybridized carbons (Fsp3) is 0.524. The molecule has 0 amide bonds. The van der Waals surface area contributed by atoms with E-state index in [-0.39, 0.29) is 31.1 Å². The lowest BCUT2D eigenvalue weighted by atomic mass is 10.0. The molecule has 0 unspecified atom stereocenters. The van der Waals surface area contributed by atoms with Crippen LogP contribution in [0.25, 0.3) is 0 Å². The first-order chi connectivity index (χ1) is 14.2. The summed E-state index contributed by atoms with van der Waals surface area (Å²) in [5.41, 5.74) is -0.575. The van der Waals surface area contributed by atoms with Crippen LogP contribution < -0.4 is 11.2 Å². The van der Waals surface area contributed by atoms with Gasteiger partial charge in [-0.2, -0.15) is 0 Å². The maximum absolute atomic E-state index is 13.0. The molecule has 1 aliphatic rings. The summed E-state index contributed by atoms with van der Waals surface area (Å²) in [4.78, 5) is 26.3. The summed E-state index contributed by atoms with van der Waals surface area (Å²) >= 11 is 0. The van der Waals surface area contributed by atoms with Gasteiger partial charge in [0.05, 0.1) is 24.4 Å². The number of H-pyrrole nitrogens is 1. The molecule has 0 spiro atoms. The van der Waals surface area contributed by atoms with Crippen LogP contribution in [0.3, 0.4) is 0 Å². The van der Waals surface area contributed by atoms with Gasteiger partial charge in [0.25, 0.3) is 5.56 Å². The van der Waals surface area contributed by atoms with E-state index in [1.165, 1.54) is 12.3 Å². The molecular formula is C21H29N2O6P. The van der Waals surface area contributed by atoms with E-state index in [1.807, 2.05) is 30.3 Å². The molecular weight excluding hydrogens is 407 g/mol. The lowest BCUT2D eigenvalue weighted by Gasteiger charge is -2.24. The maximum Gasteiger partial charge on any atom is 0.356 e. The third-order valence-corrected chi connectivity index (χ3v) is 6.90. The monoisotopic (exact) mass is 436 g/mol. The van der Waals surface area contributed by atoms with Crippen LogP contribution in [0.1, 0.15) is 39.7 Å². The van der Waals surface area contributed by atoms with E-state index in [9.17, 15) is 14.2 Å². The van der Waals surface area contributed by atoms with E-state index in [0.29, 0.717) is 6.42 Å². The molecule has 8 nitrogen and oxygen atoms in total. The van der Waals surface area contributed by atoms with Gasteiger partial charge in [0.2, 0.25) is 0 Å². The first-order valence-corrected chi connectivity index (χ1v) is 11.8. The number of nitrogens with zero attached hydrogens (tertiary/aromatic N) is 1. The summed E-state index contributed by atoms with van der Waals surface area (Å²) in [5.74, 6) is -0.0324. The van der Waals surface area contributed by atoms with Gasteiger partial charge in [-0.25, -0.2) is 4.79 Å². The van der Waals surface area contributed by atoms with Crippen molar-refractivity contribution in [2.75, 3.05) is 13.0 Å². The average Bonchev–Trinajstić information content (AvgIpc) is 3.36. The van der Waals surface area contributed by atoms with Crippen molar-refractivity contribution in [1.29, 1.82) is 0 Å². The number of nitrogens with one attached hydrogen (secondary N) is 1. The fourth-order valence-electron chi connectivity index (χ4n) is 3.79. The van der Waals surface area contributed by atoms with Gasteiger partial charge < -0.3 is 13.8 Å². The Kier molecular flexibility index (Phi) is 6.82. The number of hydrogen-bond donors (Lipinski definition) is 1. The van der Waals surface area contributed by atoms with Crippen molar-refractivity contribution in [3.8, 4) is 0 Å². The Morgan fingerprint density at radius 1 is 1.10 bits per heavy atom. The van der Waals surface area contributed by atoms with Gasteiger partial charge in [0, 0.05) is 18.2 Å². The number of aromatic amines is 1. The molecule has 0 saturated heterocycles. The zero-order valence-electron chi connectivity index (χ0n) is 17.7. The largest absolute Gasteiger partial charge is 0.368 e. The van der Waals surface area contributed by atoms with Crippen molar-refractivity contribution in [3.05, 3.63) is 69.0 Å². The Morgan fingerprint density at radius 3 is 2.30 bits per heavy atom. The standard InChI is InChI=1S/C21H29N2O6P/c1-15(2)28-30(26,29-16(3)4)14-27-13-18-12-21(18,17-8-6-5-7-9-17)23-11-10-19(24)22-20(23)25/h5-11,15-16,18H,12-14H2,1-4H3,(H,22,24,25)/t18-,21+/m1/s1. The minimum absolute atomic E-state index is 0.0324. The Hall–Kier alpha value is -1.99. The van der Waals surface area contributed by atoms with Crippen molar-refractivity contribution in [2.24, 2.45) is 5.92 Å². The number of aromatic nitrogens is 2. The van der Waals surface area contributed by atoms with Gasteiger partial charge in [-0.05, 0) is 39.7 Å². The Morgan fingerprint density at radius 2 is 1.73 bits per heavy atom. The molecule has 1 aromatic heterocycles. The first kappa shape index (κ1) is 22.7. The second-order valence-electron chi connectivity index (χ2n) is 8.09. The van der Waals surface area contributed by atoms with Crippen LogP contribution in [0.4, 0.5) is 0 Å². The van der Waals surface area contributed by atoms with E-state index in [2.05, 4.69) is 4.98 Å². The molecule has 0 aliphatic heterocycles. The summed E-state index contributed by atoms with van der Waals surface area (Å²) in [5, 5.41) is 0. The Balaban J connectivity index is 1.79. The molecule has 3 rings (SSSR count). The van der Waals surface area contributed by atoms with Crippen LogP contribution >= 0.6 is 7.60 Å². The highest BCUT2D eigenvalue weighted by Gasteiger charge is 2.57. The van der Waals surface area contributed by atoms with E-state index < -0.39 is 24.4 Å². The van der Waals surface area contributed by atoms with Gasteiger partial charge in [-0.3, -0.25) is 18.9 Å². The van der Waals surface area contributed by atoms with Gasteiger partial charge in [0.15, 0.2) is 0 Å². The molecule has 1 saturated carbocycles. The second kappa shape index (κ2) is 9.02. The number of hydrogen-bond acceptors (Lipinski definition) is 6. The third kappa shape index (κ3) is 5.01. The van der Waals surface area contributed by atoms with Crippen LogP contribution in [0.2, 0.25) is 0 Å². The van der Waals surface area contributed by atoms with E-state index in [0.717, 1.165) is 5.56 Å². The second-order valence-corrected chi connectivity index (χ2v) is 9.99. The highest BCUT2D eigenvalue weighted by Crippen LogP contribution is 2.56. The van der Waals surface area contributed by atoms with Gasteiger partial charge in [-0.1, -0.05) is 30.3 Å². The number of ether oxygens (including phenoxy) is 1. The average molecular weight is 436 g/mol. The molecule has 1 heterocycles. The van der Waals surface area contributed by atoms with Crippen molar-refractivity contribution in [2.45, 2.75) is 51.9 Å². The fourth-order valence-corrected chi connectivity index (χ4v) is 5.58. The Labute approximate surface area is 175 Å². The molecule has 2 atom stereocenters. The molecule has 9 heteroatoms. The van der Waals surface area contributed by atoms with E-state index >= 15 is 0 Å². The van der Waals surface area contributed by atoms with Crippen molar-refractivity contribution in [3.63, 3.8) is 0 Å². The van der Waals surface area contributed by atoms with Crippen molar-refractivity contribution in [1.82, 2.24) is 9.55 Å². The summed E-state index contributed by atoms with van der Waals surface area (Å²) in [6, 6.07) is 11.0. The summed E-state index contributed by atoms with van der Waals surface area (Å²) < 4.78 is 31.3. The molecule has 164 valence electrons. The molecule has 1 fully saturated rings. The smallest absolute Gasteiger partial charge is 0.356 e. The van der Waals surface area contributed by atoms with Crippen LogP contribution in [-0.4, -0.2) is 34.7 Å². The maximum atomic E-state index is 13.0. The Bertz CT molecular complexity index is 1000. The van der Waals surface area contributed by atoms with Crippen LogP contribution in [0.5, 0.6) is 0 Å². The number of benzene rings is 1. The van der Waals surface area contributed by atoms with Crippen LogP contribution in [0.15, 0.2) is 52.2 Å². The van der Waals surface area contributed by atoms with E-state index in [1.54, 1.807) is 32.3 Å². The molecule has 1 aromatic carbocycles. The summed E-state index contributed by atoms with van der Waals surface area (Å²) in [6.45, 7) is 7.44. The van der Waals surface area contributed by atoms with Gasteiger partial charge >= 0.3 is 13.3 Å². The predicted octanol–water partition coefficient (Wildman–Crippen LogP) is 3.32. The normalized spacial score (nSPS) is 21.3. The third-order valence-electron chi connectivity index (χ3n) is 4.91. The van der Waals surface area contributed by atoms with Crippen LogP contribution in [-0.2, 0) is 23.9 Å². The van der Waals surface area contributed by atoms with E-state index in [4.69, 9.17) is 13.8 Å². The van der Waals surface area contributed by atoms with Gasteiger partial charge in [0.1, 0.15) is 6.35 Å². The minimum atomic E-state index is -3.40. The molecule has 30 heavy (non-hydrogen) atoms. The molecule has 0 bridgehead atoms. The van der Waals surface area contributed by atoms with Crippen molar-refractivity contribution < 1.29 is 18.3 Å². The summed E-state index contributed by atoms with van der Waals surface area (Å²) in [6.07, 6.45) is 1.49. The van der Waals surface area contributed by atoms with Gasteiger partial charge in [-0.15, -0.1) is 0 Å². The lowest BCUT2D eigenvalue weighted by Crippen LogP contribution is -2.37. The number of rotatable bonds is 10. The first-order valence-electron chi connectivity index (χ1n) is 10.1. The zero-order chi connectivity index (χ0) is 21.9. The SMILES string of the molecule is CC(C)OP(=O)(COC[C@H]1C[C@@]1(c1ccccc1)n1ccc(=O)[nH]c1=O)OC(C)C. The lowest BCUT2D eigenvalue weighted by molar-refractivity contribution is 0.0920. The molecule has 1 N–H and O–H groups in total. The predicted molar refractivity (Wildman–Crippen MR) is 114 cm³/mol. The zero-order valence-corrected chi connectivity index (χ0v) is 18.6. The molecule has 0 radical (unpaired) electrons. The summed E-state index contributed by atoms with van der Waals surface area (Å²) in [7, 11) is -3.40. The quantitative estimate of drug-likeness (QED) is 0.574. The minimum Gasteiger partial charge on any atom is -0.368 e. The van der Waals surface area contributed by atoms with Crippen molar-refractivity contribution >= 4 is 7.60 Å². The topological polar surface area (TPSA) is 99.6 Å².